The maximum absolute atomic E-state index is 9.32. The number of phenolic OH excluding ortho intramolecular Hbond substituents is 1. The van der Waals surface area contributed by atoms with Crippen LogP contribution >= 0.6 is 0 Å². The monoisotopic (exact) mass is 248 g/mol. The van der Waals surface area contributed by atoms with E-state index in [0.29, 0.717) is 12.5 Å². The first-order valence-electron chi connectivity index (χ1n) is 6.08. The number of nitrogens with two attached hydrogens (primary N) is 1. The van der Waals surface area contributed by atoms with E-state index >= 15 is 0 Å². The van der Waals surface area contributed by atoms with Crippen LogP contribution in [-0.2, 0) is 0 Å². The van der Waals surface area contributed by atoms with Crippen LogP contribution in [0.5, 0.6) is 5.75 Å². The Morgan fingerprint density at radius 1 is 1.39 bits per heavy atom. The van der Waals surface area contributed by atoms with Crippen molar-refractivity contribution in [3.05, 3.63) is 29.8 Å². The molecule has 0 spiro atoms. The lowest BCUT2D eigenvalue weighted by Crippen LogP contribution is -2.40. The first kappa shape index (κ1) is 12.7. The molecule has 98 valence electrons. The van der Waals surface area contributed by atoms with E-state index in [1.165, 1.54) is 0 Å². The quantitative estimate of drug-likeness (QED) is 0.820. The minimum Gasteiger partial charge on any atom is -0.508 e. The van der Waals surface area contributed by atoms with Crippen molar-refractivity contribution >= 4 is 5.96 Å². The summed E-state index contributed by atoms with van der Waals surface area (Å²) in [5, 5.41) is 9.32. The molecule has 1 heterocycles. The Hall–Kier alpha value is -1.75. The van der Waals surface area contributed by atoms with Gasteiger partial charge < -0.3 is 20.6 Å². The molecule has 18 heavy (non-hydrogen) atoms. The second kappa shape index (κ2) is 5.27. The number of aromatic hydroxyl groups is 1. The van der Waals surface area contributed by atoms with Crippen molar-refractivity contribution in [1.29, 1.82) is 0 Å². The molecule has 1 atom stereocenters. The molecule has 0 aliphatic carbocycles. The van der Waals surface area contributed by atoms with Gasteiger partial charge in [0, 0.05) is 13.1 Å². The van der Waals surface area contributed by atoms with Crippen molar-refractivity contribution in [1.82, 2.24) is 9.80 Å². The summed E-state index contributed by atoms with van der Waals surface area (Å²) in [6.45, 7) is 2.47. The second-order valence-corrected chi connectivity index (χ2v) is 4.80. The fourth-order valence-corrected chi connectivity index (χ4v) is 2.09. The summed E-state index contributed by atoms with van der Waals surface area (Å²) in [6.07, 6.45) is 0. The predicted octanol–water partition coefficient (Wildman–Crippen LogP) is 0.625. The fraction of sp³-hybridized carbons (Fsp3) is 0.462. The molecule has 0 fully saturated rings. The first-order chi connectivity index (χ1) is 8.58. The smallest absolute Gasteiger partial charge is 0.191 e. The number of nitrogens with zero attached hydrogens (tertiary/aromatic N) is 3. The second-order valence-electron chi connectivity index (χ2n) is 4.80. The molecule has 3 N–H and O–H groups in total. The molecule has 0 saturated heterocycles. The summed E-state index contributed by atoms with van der Waals surface area (Å²) >= 11 is 0. The molecule has 5 heteroatoms. The Kier molecular flexibility index (Phi) is 3.72. The van der Waals surface area contributed by atoms with Gasteiger partial charge in [-0.15, -0.1) is 0 Å². The molecule has 1 aromatic rings. The number of rotatable bonds is 4. The highest BCUT2D eigenvalue weighted by atomic mass is 16.3. The highest BCUT2D eigenvalue weighted by Gasteiger charge is 2.26. The SMILES string of the molecule is CN(C)CCN1C(N)=NCC1c1ccc(O)cc1. The molecule has 1 unspecified atom stereocenters. The largest absolute Gasteiger partial charge is 0.508 e. The van der Waals surface area contributed by atoms with Gasteiger partial charge in [0.1, 0.15) is 5.75 Å². The van der Waals surface area contributed by atoms with Gasteiger partial charge in [-0.05, 0) is 31.8 Å². The molecule has 5 nitrogen and oxygen atoms in total. The van der Waals surface area contributed by atoms with Crippen LogP contribution in [0.25, 0.3) is 0 Å². The summed E-state index contributed by atoms with van der Waals surface area (Å²) in [6, 6.07) is 7.45. The molecule has 2 rings (SSSR count). The van der Waals surface area contributed by atoms with Gasteiger partial charge in [-0.25, -0.2) is 0 Å². The van der Waals surface area contributed by atoms with E-state index in [4.69, 9.17) is 5.73 Å². The molecule has 0 amide bonds. The number of hydrogen-bond donors (Lipinski definition) is 2. The average molecular weight is 248 g/mol. The van der Waals surface area contributed by atoms with Gasteiger partial charge in [0.15, 0.2) is 5.96 Å². The normalized spacial score (nSPS) is 19.4. The predicted molar refractivity (Wildman–Crippen MR) is 72.6 cm³/mol. The van der Waals surface area contributed by atoms with E-state index in [2.05, 4.69) is 14.8 Å². The van der Waals surface area contributed by atoms with Crippen LogP contribution < -0.4 is 5.73 Å². The van der Waals surface area contributed by atoms with Crippen LogP contribution in [-0.4, -0.2) is 54.6 Å². The number of hydrogen-bond acceptors (Lipinski definition) is 5. The summed E-state index contributed by atoms with van der Waals surface area (Å²) in [5.41, 5.74) is 7.07. The molecule has 1 aromatic carbocycles. The first-order valence-corrected chi connectivity index (χ1v) is 6.08. The van der Waals surface area contributed by atoms with E-state index in [9.17, 15) is 5.11 Å². The highest BCUT2D eigenvalue weighted by molar-refractivity contribution is 5.80. The summed E-state index contributed by atoms with van der Waals surface area (Å²) in [4.78, 5) is 8.56. The van der Waals surface area contributed by atoms with E-state index in [-0.39, 0.29) is 11.8 Å². The van der Waals surface area contributed by atoms with Crippen LogP contribution in [0.4, 0.5) is 0 Å². The van der Waals surface area contributed by atoms with Crippen LogP contribution in [0.15, 0.2) is 29.3 Å². The fourth-order valence-electron chi connectivity index (χ4n) is 2.09. The number of phenols is 1. The van der Waals surface area contributed by atoms with Crippen LogP contribution in [0.2, 0.25) is 0 Å². The third-order valence-corrected chi connectivity index (χ3v) is 3.16. The zero-order chi connectivity index (χ0) is 13.1. The topological polar surface area (TPSA) is 65.1 Å². The van der Waals surface area contributed by atoms with E-state index in [1.807, 2.05) is 26.2 Å². The minimum absolute atomic E-state index is 0.186. The van der Waals surface area contributed by atoms with Crippen LogP contribution in [0.1, 0.15) is 11.6 Å². The Bertz CT molecular complexity index is 427. The Balaban J connectivity index is 2.10. The highest BCUT2D eigenvalue weighted by Crippen LogP contribution is 2.26. The Morgan fingerprint density at radius 3 is 2.67 bits per heavy atom. The minimum atomic E-state index is 0.186. The van der Waals surface area contributed by atoms with Crippen LogP contribution in [0, 0.1) is 0 Å². The van der Waals surface area contributed by atoms with Gasteiger partial charge >= 0.3 is 0 Å². The third kappa shape index (κ3) is 2.73. The molecular formula is C13H20N4O. The Morgan fingerprint density at radius 2 is 2.06 bits per heavy atom. The van der Waals surface area contributed by atoms with Crippen molar-refractivity contribution in [3.8, 4) is 5.75 Å². The van der Waals surface area contributed by atoms with Gasteiger partial charge in [0.25, 0.3) is 0 Å². The van der Waals surface area contributed by atoms with Gasteiger partial charge in [-0.2, -0.15) is 0 Å². The van der Waals surface area contributed by atoms with Gasteiger partial charge in [0.05, 0.1) is 12.6 Å². The van der Waals surface area contributed by atoms with E-state index in [1.54, 1.807) is 12.1 Å². The van der Waals surface area contributed by atoms with Crippen molar-refractivity contribution in [2.75, 3.05) is 33.7 Å². The van der Waals surface area contributed by atoms with Crippen LogP contribution in [0.3, 0.4) is 0 Å². The van der Waals surface area contributed by atoms with E-state index < -0.39 is 0 Å². The number of guanidine groups is 1. The summed E-state index contributed by atoms with van der Waals surface area (Å²) in [7, 11) is 4.08. The zero-order valence-electron chi connectivity index (χ0n) is 10.9. The lowest BCUT2D eigenvalue weighted by atomic mass is 10.1. The number of benzene rings is 1. The molecule has 0 saturated carbocycles. The molecular weight excluding hydrogens is 228 g/mol. The number of likely N-dealkylation sites (N-methyl/N-ethyl adjacent to an activating group) is 1. The molecule has 1 aliphatic rings. The third-order valence-electron chi connectivity index (χ3n) is 3.16. The van der Waals surface area contributed by atoms with Crippen molar-refractivity contribution in [3.63, 3.8) is 0 Å². The standard InChI is InChI=1S/C13H20N4O/c1-16(2)7-8-17-12(9-15-13(17)14)10-3-5-11(18)6-4-10/h3-6,12,18H,7-9H2,1-2H3,(H2,14,15). The van der Waals surface area contributed by atoms with Gasteiger partial charge in [0.2, 0.25) is 0 Å². The Labute approximate surface area is 108 Å². The zero-order valence-corrected chi connectivity index (χ0v) is 10.9. The molecule has 0 radical (unpaired) electrons. The van der Waals surface area contributed by atoms with Gasteiger partial charge in [-0.1, -0.05) is 12.1 Å². The molecule has 0 bridgehead atoms. The maximum atomic E-state index is 9.32. The lowest BCUT2D eigenvalue weighted by molar-refractivity contribution is 0.293. The lowest BCUT2D eigenvalue weighted by Gasteiger charge is -2.27. The summed E-state index contributed by atoms with van der Waals surface area (Å²) in [5.74, 6) is 0.889. The molecule has 1 aliphatic heterocycles. The number of aliphatic imine (C=N–C) groups is 1. The van der Waals surface area contributed by atoms with E-state index in [0.717, 1.165) is 18.7 Å². The van der Waals surface area contributed by atoms with Crippen molar-refractivity contribution in [2.45, 2.75) is 6.04 Å². The van der Waals surface area contributed by atoms with Crippen molar-refractivity contribution < 1.29 is 5.11 Å². The molecule has 0 aromatic heterocycles. The van der Waals surface area contributed by atoms with Gasteiger partial charge in [-0.3, -0.25) is 4.99 Å². The van der Waals surface area contributed by atoms with Crippen molar-refractivity contribution in [2.24, 2.45) is 10.7 Å². The summed E-state index contributed by atoms with van der Waals surface area (Å²) < 4.78 is 0. The maximum Gasteiger partial charge on any atom is 0.191 e. The average Bonchev–Trinajstić information content (AvgIpc) is 2.69.